The zero-order valence-corrected chi connectivity index (χ0v) is 13.1. The summed E-state index contributed by atoms with van der Waals surface area (Å²) in [7, 11) is 0. The molecule has 0 fully saturated rings. The fraction of sp³-hybridized carbons (Fsp3) is 0.100. The number of nitrogens with zero attached hydrogens (tertiary/aromatic N) is 2. The second-order valence-electron chi connectivity index (χ2n) is 4.76. The molecule has 1 aromatic carbocycles. The van der Waals surface area contributed by atoms with Crippen molar-refractivity contribution in [1.82, 2.24) is 9.97 Å². The van der Waals surface area contributed by atoms with Crippen LogP contribution in [-0.4, -0.2) is 9.97 Å². The van der Waals surface area contributed by atoms with E-state index in [0.717, 1.165) is 33.0 Å². The van der Waals surface area contributed by atoms with Crippen molar-refractivity contribution in [1.29, 1.82) is 0 Å². The summed E-state index contributed by atoms with van der Waals surface area (Å²) >= 11 is 0. The number of rotatable bonds is 4. The summed E-state index contributed by atoms with van der Waals surface area (Å²) in [6, 6.07) is 6.25. The quantitative estimate of drug-likeness (QED) is 0.859. The Morgan fingerprint density at radius 2 is 1.86 bits per heavy atom. The van der Waals surface area contributed by atoms with Gasteiger partial charge in [-0.15, -0.1) is 0 Å². The molecule has 0 amide bonds. The van der Waals surface area contributed by atoms with Crippen molar-refractivity contribution in [2.24, 2.45) is 0 Å². The third-order valence-electron chi connectivity index (χ3n) is 3.40. The van der Waals surface area contributed by atoms with Crippen molar-refractivity contribution in [3.05, 3.63) is 71.5 Å². The lowest BCUT2D eigenvalue weighted by Gasteiger charge is -2.07. The Morgan fingerprint density at radius 3 is 2.50 bits per heavy atom. The molecule has 0 atom stereocenters. The highest BCUT2D eigenvalue weighted by Crippen LogP contribution is 2.20. The van der Waals surface area contributed by atoms with Gasteiger partial charge in [-0.1, -0.05) is 61.7 Å². The Hall–Kier alpha value is -2.74. The van der Waals surface area contributed by atoms with Crippen molar-refractivity contribution >= 4 is 24.3 Å². The molecule has 0 unspecified atom stereocenters. The molecule has 1 aromatic heterocycles. The molecule has 2 rings (SSSR count). The van der Waals surface area contributed by atoms with Crippen LogP contribution >= 0.6 is 0 Å². The van der Waals surface area contributed by atoms with E-state index >= 15 is 0 Å². The molecule has 0 spiro atoms. The van der Waals surface area contributed by atoms with E-state index in [2.05, 4.69) is 47.4 Å². The van der Waals surface area contributed by atoms with Gasteiger partial charge in [0, 0.05) is 10.8 Å². The topological polar surface area (TPSA) is 25.8 Å². The summed E-state index contributed by atoms with van der Waals surface area (Å²) in [6.45, 7) is 11.6. The van der Waals surface area contributed by atoms with E-state index in [9.17, 15) is 0 Å². The number of benzene rings is 1. The smallest absolute Gasteiger partial charge is 0.116 e. The number of hydrogen-bond donors (Lipinski definition) is 0. The Morgan fingerprint density at radius 1 is 1.05 bits per heavy atom. The molecule has 2 aromatic rings. The van der Waals surface area contributed by atoms with Crippen molar-refractivity contribution in [2.45, 2.75) is 13.8 Å². The van der Waals surface area contributed by atoms with Crippen LogP contribution in [0.5, 0.6) is 0 Å². The first-order valence-electron chi connectivity index (χ1n) is 7.24. The van der Waals surface area contributed by atoms with Gasteiger partial charge in [-0.3, -0.25) is 0 Å². The average molecular weight is 288 g/mol. The molecule has 2 heteroatoms. The molecule has 0 bridgehead atoms. The summed E-state index contributed by atoms with van der Waals surface area (Å²) in [5, 5.41) is 1.89. The maximum atomic E-state index is 4.47. The second-order valence-corrected chi connectivity index (χ2v) is 4.76. The van der Waals surface area contributed by atoms with E-state index in [-0.39, 0.29) is 0 Å². The molecule has 2 nitrogen and oxygen atoms in total. The zero-order chi connectivity index (χ0) is 15.9. The third-order valence-corrected chi connectivity index (χ3v) is 3.40. The molecule has 0 aliphatic heterocycles. The van der Waals surface area contributed by atoms with Gasteiger partial charge in [-0.25, -0.2) is 9.97 Å². The van der Waals surface area contributed by atoms with Gasteiger partial charge >= 0.3 is 0 Å². The molecule has 0 aliphatic rings. The van der Waals surface area contributed by atoms with Crippen molar-refractivity contribution in [2.75, 3.05) is 0 Å². The minimum absolute atomic E-state index is 0.907. The monoisotopic (exact) mass is 288 g/mol. The number of hydrogen-bond acceptors (Lipinski definition) is 2. The summed E-state index contributed by atoms with van der Waals surface area (Å²) in [4.78, 5) is 8.79. The predicted octanol–water partition coefficient (Wildman–Crippen LogP) is 3.59. The minimum Gasteiger partial charge on any atom is -0.237 e. The molecule has 0 saturated heterocycles. The Kier molecular flexibility index (Phi) is 5.21. The fourth-order valence-electron chi connectivity index (χ4n) is 2.38. The van der Waals surface area contributed by atoms with E-state index in [1.807, 2.05) is 38.2 Å². The lowest BCUT2D eigenvalue weighted by atomic mass is 10.0. The molecule has 1 heterocycles. The number of allylic oxidation sites excluding steroid dienone is 2. The maximum absolute atomic E-state index is 4.47. The Labute approximate surface area is 131 Å². The molecule has 0 aliphatic carbocycles. The van der Waals surface area contributed by atoms with Crippen LogP contribution in [0.2, 0.25) is 0 Å². The lowest BCUT2D eigenvalue weighted by molar-refractivity contribution is 1.10. The first-order chi connectivity index (χ1) is 10.7. The van der Waals surface area contributed by atoms with Crippen LogP contribution in [0.3, 0.4) is 0 Å². The highest BCUT2D eigenvalue weighted by Gasteiger charge is 2.05. The molecule has 0 saturated carbocycles. The summed E-state index contributed by atoms with van der Waals surface area (Å²) < 4.78 is 0. The lowest BCUT2D eigenvalue weighted by Crippen LogP contribution is -2.30. The Bertz CT molecular complexity index is 842. The van der Waals surface area contributed by atoms with E-state index in [4.69, 9.17) is 0 Å². The van der Waals surface area contributed by atoms with Gasteiger partial charge in [0.25, 0.3) is 0 Å². The SMILES string of the molecule is C=C/C=c1/c(-c2ccc(C=C)c(/C=C\C)c2)ncn/c1=C/C. The van der Waals surface area contributed by atoms with Gasteiger partial charge in [-0.2, -0.15) is 0 Å². The fourth-order valence-corrected chi connectivity index (χ4v) is 2.38. The minimum atomic E-state index is 0.907. The van der Waals surface area contributed by atoms with E-state index < -0.39 is 0 Å². The molecule has 110 valence electrons. The van der Waals surface area contributed by atoms with Gasteiger partial charge in [0.2, 0.25) is 0 Å². The van der Waals surface area contributed by atoms with Gasteiger partial charge in [0.15, 0.2) is 0 Å². The van der Waals surface area contributed by atoms with Gasteiger partial charge in [0.05, 0.1) is 11.0 Å². The highest BCUT2D eigenvalue weighted by atomic mass is 14.8. The van der Waals surface area contributed by atoms with Crippen LogP contribution in [0.1, 0.15) is 25.0 Å². The van der Waals surface area contributed by atoms with Crippen molar-refractivity contribution in [3.63, 3.8) is 0 Å². The van der Waals surface area contributed by atoms with E-state index in [1.165, 1.54) is 0 Å². The molecule has 22 heavy (non-hydrogen) atoms. The van der Waals surface area contributed by atoms with Crippen LogP contribution < -0.4 is 10.6 Å². The Balaban J connectivity index is 2.78. The third kappa shape index (κ3) is 3.12. The summed E-state index contributed by atoms with van der Waals surface area (Å²) in [5.41, 5.74) is 4.19. The van der Waals surface area contributed by atoms with Crippen LogP contribution in [-0.2, 0) is 0 Å². The van der Waals surface area contributed by atoms with E-state index in [0.29, 0.717) is 0 Å². The summed E-state index contributed by atoms with van der Waals surface area (Å²) in [6.07, 6.45) is 13.2. The van der Waals surface area contributed by atoms with Gasteiger partial charge in [-0.05, 0) is 31.0 Å². The van der Waals surface area contributed by atoms with Crippen LogP contribution in [0.4, 0.5) is 0 Å². The number of aromatic nitrogens is 2. The standard InChI is InChI=1S/C20H20N2/c1-5-9-16-13-17(12-11-15(16)7-3)20-18(10-6-2)19(8-4)21-14-22-20/h5-14H,2-3H2,1,4H3/b9-5-,18-10+,19-8+. The van der Waals surface area contributed by atoms with Crippen LogP contribution in [0.25, 0.3) is 35.6 Å². The molecular formula is C20H20N2. The summed E-state index contributed by atoms with van der Waals surface area (Å²) in [5.74, 6) is 0. The van der Waals surface area contributed by atoms with Gasteiger partial charge in [0.1, 0.15) is 6.33 Å². The molecule has 0 N–H and O–H groups in total. The van der Waals surface area contributed by atoms with Crippen LogP contribution in [0.15, 0.2) is 49.8 Å². The molecule has 0 radical (unpaired) electrons. The second kappa shape index (κ2) is 7.32. The normalized spacial score (nSPS) is 12.8. The first-order valence-corrected chi connectivity index (χ1v) is 7.24. The van der Waals surface area contributed by atoms with Crippen molar-refractivity contribution in [3.8, 4) is 11.3 Å². The van der Waals surface area contributed by atoms with Crippen molar-refractivity contribution < 1.29 is 0 Å². The maximum Gasteiger partial charge on any atom is 0.116 e. The first kappa shape index (κ1) is 15.6. The van der Waals surface area contributed by atoms with Crippen LogP contribution in [0, 0.1) is 0 Å². The average Bonchev–Trinajstić information content (AvgIpc) is 2.55. The highest BCUT2D eigenvalue weighted by molar-refractivity contribution is 5.72. The molecular weight excluding hydrogens is 268 g/mol. The zero-order valence-electron chi connectivity index (χ0n) is 13.1. The van der Waals surface area contributed by atoms with E-state index in [1.54, 1.807) is 12.4 Å². The van der Waals surface area contributed by atoms with Gasteiger partial charge < -0.3 is 0 Å². The predicted molar refractivity (Wildman–Crippen MR) is 96.3 cm³/mol. The largest absolute Gasteiger partial charge is 0.237 e.